The quantitative estimate of drug-likeness (QED) is 0.771. The van der Waals surface area contributed by atoms with Gasteiger partial charge in [-0.1, -0.05) is 37.5 Å². The molecule has 0 N–H and O–H groups in total. The van der Waals surface area contributed by atoms with E-state index in [4.69, 9.17) is 0 Å². The Kier molecular flexibility index (Phi) is 5.60. The Morgan fingerprint density at radius 2 is 1.70 bits per heavy atom. The van der Waals surface area contributed by atoms with Crippen LogP contribution < -0.4 is 0 Å². The molecule has 0 aromatic heterocycles. The predicted molar refractivity (Wildman–Crippen MR) is 83.0 cm³/mol. The van der Waals surface area contributed by atoms with Crippen molar-refractivity contribution in [3.05, 3.63) is 35.4 Å². The number of rotatable bonds is 5. The fourth-order valence-corrected chi connectivity index (χ4v) is 2.64. The molecule has 3 heteroatoms. The zero-order valence-electron chi connectivity index (χ0n) is 12.8. The minimum Gasteiger partial charge on any atom is -0.336 e. The van der Waals surface area contributed by atoms with Crippen molar-refractivity contribution in [1.29, 1.82) is 0 Å². The number of piperazine rings is 1. The Labute approximate surface area is 122 Å². The van der Waals surface area contributed by atoms with Gasteiger partial charge in [-0.25, -0.2) is 0 Å². The summed E-state index contributed by atoms with van der Waals surface area (Å²) in [5.41, 5.74) is 2.01. The van der Waals surface area contributed by atoms with E-state index in [0.29, 0.717) is 0 Å². The highest BCUT2D eigenvalue weighted by molar-refractivity contribution is 5.94. The van der Waals surface area contributed by atoms with Gasteiger partial charge in [0.05, 0.1) is 0 Å². The second-order valence-corrected chi connectivity index (χ2v) is 5.71. The molecule has 2 rings (SSSR count). The molecule has 3 nitrogen and oxygen atoms in total. The minimum atomic E-state index is 0.179. The van der Waals surface area contributed by atoms with E-state index in [-0.39, 0.29) is 5.91 Å². The van der Waals surface area contributed by atoms with E-state index in [0.717, 1.165) is 31.7 Å². The Bertz CT molecular complexity index is 419. The van der Waals surface area contributed by atoms with Crippen LogP contribution in [0.1, 0.15) is 42.1 Å². The summed E-state index contributed by atoms with van der Waals surface area (Å²) >= 11 is 0. The van der Waals surface area contributed by atoms with Crippen LogP contribution in [0.15, 0.2) is 24.3 Å². The van der Waals surface area contributed by atoms with Crippen molar-refractivity contribution >= 4 is 5.91 Å². The third-order valence-electron chi connectivity index (χ3n) is 4.04. The molecule has 1 aromatic rings. The van der Waals surface area contributed by atoms with Crippen LogP contribution >= 0.6 is 0 Å². The van der Waals surface area contributed by atoms with E-state index in [2.05, 4.69) is 11.8 Å². The van der Waals surface area contributed by atoms with E-state index in [1.54, 1.807) is 0 Å². The normalized spacial score (nSPS) is 16.4. The summed E-state index contributed by atoms with van der Waals surface area (Å²) in [6.45, 7) is 9.21. The molecule has 1 aliphatic rings. The van der Waals surface area contributed by atoms with Crippen molar-refractivity contribution in [2.24, 2.45) is 0 Å². The molecule has 1 aromatic carbocycles. The number of aryl methyl sites for hydroxylation is 1. The van der Waals surface area contributed by atoms with Crippen LogP contribution in [0, 0.1) is 6.92 Å². The van der Waals surface area contributed by atoms with E-state index in [1.807, 2.05) is 36.1 Å². The van der Waals surface area contributed by atoms with Gasteiger partial charge in [0.1, 0.15) is 0 Å². The maximum Gasteiger partial charge on any atom is 0.253 e. The Morgan fingerprint density at radius 3 is 2.30 bits per heavy atom. The summed E-state index contributed by atoms with van der Waals surface area (Å²) in [4.78, 5) is 16.9. The van der Waals surface area contributed by atoms with Crippen LogP contribution in [-0.2, 0) is 0 Å². The average molecular weight is 274 g/mol. The van der Waals surface area contributed by atoms with Gasteiger partial charge in [-0.2, -0.15) is 0 Å². The van der Waals surface area contributed by atoms with Gasteiger partial charge < -0.3 is 4.90 Å². The van der Waals surface area contributed by atoms with Gasteiger partial charge in [-0.05, 0) is 32.0 Å². The third-order valence-corrected chi connectivity index (χ3v) is 4.04. The lowest BCUT2D eigenvalue weighted by Crippen LogP contribution is -2.48. The van der Waals surface area contributed by atoms with Gasteiger partial charge in [-0.15, -0.1) is 0 Å². The number of benzene rings is 1. The first-order valence-electron chi connectivity index (χ1n) is 7.79. The number of hydrogen-bond acceptors (Lipinski definition) is 2. The summed E-state index contributed by atoms with van der Waals surface area (Å²) in [5, 5.41) is 0. The third kappa shape index (κ3) is 4.07. The van der Waals surface area contributed by atoms with Gasteiger partial charge in [-0.3, -0.25) is 9.69 Å². The molecule has 0 aliphatic carbocycles. The monoisotopic (exact) mass is 274 g/mol. The highest BCUT2D eigenvalue weighted by Gasteiger charge is 2.21. The van der Waals surface area contributed by atoms with Crippen molar-refractivity contribution in [2.75, 3.05) is 32.7 Å². The maximum atomic E-state index is 12.4. The first-order chi connectivity index (χ1) is 9.70. The molecule has 0 spiro atoms. The van der Waals surface area contributed by atoms with Gasteiger partial charge in [0.15, 0.2) is 0 Å². The molecule has 0 bridgehead atoms. The van der Waals surface area contributed by atoms with Crippen molar-refractivity contribution in [1.82, 2.24) is 9.80 Å². The molecule has 1 amide bonds. The van der Waals surface area contributed by atoms with E-state index < -0.39 is 0 Å². The number of carbonyl (C=O) groups is 1. The SMILES string of the molecule is CCCCCN1CCN(C(=O)c2ccc(C)cc2)CC1. The van der Waals surface area contributed by atoms with Crippen molar-refractivity contribution in [3.63, 3.8) is 0 Å². The molecule has 1 aliphatic heterocycles. The van der Waals surface area contributed by atoms with Gasteiger partial charge in [0.25, 0.3) is 5.91 Å². The molecule has 110 valence electrons. The summed E-state index contributed by atoms with van der Waals surface area (Å²) in [6.07, 6.45) is 3.86. The van der Waals surface area contributed by atoms with Crippen LogP contribution in [0.25, 0.3) is 0 Å². The summed E-state index contributed by atoms with van der Waals surface area (Å²) in [7, 11) is 0. The summed E-state index contributed by atoms with van der Waals surface area (Å²) < 4.78 is 0. The minimum absolute atomic E-state index is 0.179. The zero-order valence-corrected chi connectivity index (χ0v) is 12.8. The molecule has 0 atom stereocenters. The van der Waals surface area contributed by atoms with Gasteiger partial charge >= 0.3 is 0 Å². The largest absolute Gasteiger partial charge is 0.336 e. The Balaban J connectivity index is 1.81. The highest BCUT2D eigenvalue weighted by atomic mass is 16.2. The molecular weight excluding hydrogens is 248 g/mol. The highest BCUT2D eigenvalue weighted by Crippen LogP contribution is 2.10. The number of carbonyl (C=O) groups excluding carboxylic acids is 1. The molecule has 20 heavy (non-hydrogen) atoms. The fourth-order valence-electron chi connectivity index (χ4n) is 2.64. The van der Waals surface area contributed by atoms with Gasteiger partial charge in [0.2, 0.25) is 0 Å². The van der Waals surface area contributed by atoms with Crippen LogP contribution in [0.4, 0.5) is 0 Å². The number of unbranched alkanes of at least 4 members (excludes halogenated alkanes) is 2. The molecule has 1 fully saturated rings. The lowest BCUT2D eigenvalue weighted by atomic mass is 10.1. The van der Waals surface area contributed by atoms with Crippen molar-refractivity contribution in [3.8, 4) is 0 Å². The number of nitrogens with zero attached hydrogens (tertiary/aromatic N) is 2. The first-order valence-corrected chi connectivity index (χ1v) is 7.79. The molecular formula is C17H26N2O. The molecule has 0 unspecified atom stereocenters. The van der Waals surface area contributed by atoms with Crippen molar-refractivity contribution < 1.29 is 4.79 Å². The van der Waals surface area contributed by atoms with Crippen molar-refractivity contribution in [2.45, 2.75) is 33.1 Å². The second-order valence-electron chi connectivity index (χ2n) is 5.71. The summed E-state index contributed by atoms with van der Waals surface area (Å²) in [6, 6.07) is 7.89. The van der Waals surface area contributed by atoms with Crippen LogP contribution in [0.5, 0.6) is 0 Å². The molecule has 0 saturated carbocycles. The Hall–Kier alpha value is -1.35. The van der Waals surface area contributed by atoms with Crippen LogP contribution in [-0.4, -0.2) is 48.4 Å². The standard InChI is InChI=1S/C17H26N2O/c1-3-4-5-10-18-11-13-19(14-12-18)17(20)16-8-6-15(2)7-9-16/h6-9H,3-5,10-14H2,1-2H3. The average Bonchev–Trinajstić information content (AvgIpc) is 2.48. The maximum absolute atomic E-state index is 12.4. The molecule has 0 radical (unpaired) electrons. The van der Waals surface area contributed by atoms with Crippen LogP contribution in [0.2, 0.25) is 0 Å². The zero-order chi connectivity index (χ0) is 14.4. The molecule has 1 heterocycles. The topological polar surface area (TPSA) is 23.6 Å². The number of hydrogen-bond donors (Lipinski definition) is 0. The van der Waals surface area contributed by atoms with Gasteiger partial charge in [0, 0.05) is 31.7 Å². The predicted octanol–water partition coefficient (Wildman–Crippen LogP) is 2.94. The van der Waals surface area contributed by atoms with Crippen LogP contribution in [0.3, 0.4) is 0 Å². The summed E-state index contributed by atoms with van der Waals surface area (Å²) in [5.74, 6) is 0.179. The first kappa shape index (κ1) is 15.0. The van der Waals surface area contributed by atoms with E-state index in [1.165, 1.54) is 31.4 Å². The lowest BCUT2D eigenvalue weighted by Gasteiger charge is -2.34. The number of amides is 1. The van der Waals surface area contributed by atoms with E-state index >= 15 is 0 Å². The molecule has 1 saturated heterocycles. The lowest BCUT2D eigenvalue weighted by molar-refractivity contribution is 0.0635. The smallest absolute Gasteiger partial charge is 0.253 e. The second kappa shape index (κ2) is 7.44. The Morgan fingerprint density at radius 1 is 1.05 bits per heavy atom. The fraction of sp³-hybridized carbons (Fsp3) is 0.588. The van der Waals surface area contributed by atoms with E-state index in [9.17, 15) is 4.79 Å².